The van der Waals surface area contributed by atoms with Gasteiger partial charge in [0, 0.05) is 9.79 Å². The molecule has 0 nitrogen and oxygen atoms in total. The summed E-state index contributed by atoms with van der Waals surface area (Å²) in [7, 11) is 0. The van der Waals surface area contributed by atoms with Crippen LogP contribution in [0.4, 0.5) is 0 Å². The Morgan fingerprint density at radius 3 is 1.26 bits per heavy atom. The van der Waals surface area contributed by atoms with E-state index in [0.717, 1.165) is 0 Å². The van der Waals surface area contributed by atoms with Crippen molar-refractivity contribution in [1.29, 1.82) is 0 Å². The predicted octanol–water partition coefficient (Wildman–Crippen LogP) is 9.53. The van der Waals surface area contributed by atoms with E-state index in [9.17, 15) is 0 Å². The topological polar surface area (TPSA) is 0 Å². The molecule has 4 rings (SSSR count). The van der Waals surface area contributed by atoms with Gasteiger partial charge in [0.2, 0.25) is 0 Å². The minimum absolute atomic E-state index is 0.528. The van der Waals surface area contributed by atoms with Crippen LogP contribution in [0, 0.1) is 27.7 Å². The minimum Gasteiger partial charge on any atom is -0.0888 e. The van der Waals surface area contributed by atoms with Gasteiger partial charge in [0.25, 0.3) is 0 Å². The molecule has 4 aliphatic carbocycles. The maximum absolute atomic E-state index is 2.40. The Kier molecular flexibility index (Phi) is 5.92. The van der Waals surface area contributed by atoms with Crippen molar-refractivity contribution < 1.29 is 0 Å². The van der Waals surface area contributed by atoms with Crippen molar-refractivity contribution >= 4 is 11.8 Å². The molecule has 1 heteroatoms. The van der Waals surface area contributed by atoms with Gasteiger partial charge in [0.15, 0.2) is 0 Å². The molecular weight excluding hydrogens is 392 g/mol. The van der Waals surface area contributed by atoms with Gasteiger partial charge in [-0.2, -0.15) is 0 Å². The van der Waals surface area contributed by atoms with Crippen LogP contribution in [-0.4, -0.2) is 0 Å². The van der Waals surface area contributed by atoms with E-state index in [-0.39, 0.29) is 0 Å². The average molecular weight is 427 g/mol. The third kappa shape index (κ3) is 4.01. The Labute approximate surface area is 192 Å². The first-order valence-electron chi connectivity index (χ1n) is 11.4. The van der Waals surface area contributed by atoms with Crippen molar-refractivity contribution in [3.63, 3.8) is 0 Å². The summed E-state index contributed by atoms with van der Waals surface area (Å²) in [4.78, 5) is 2.75. The standard InChI is InChI=1S/C30H34S/c1-17(2)23-11-9-19(5)29-25(15-23)21(7)13-27(29)31-28-14-22(8)26-16-24(18(3)4)12-10-20(6)30(26)28/h9-18H,1-8H3. The molecule has 0 saturated heterocycles. The molecule has 0 spiro atoms. The Hall–Kier alpha value is -2.25. The molecule has 0 aliphatic heterocycles. The fourth-order valence-electron chi connectivity index (χ4n) is 4.57. The largest absolute Gasteiger partial charge is 0.0888 e. The molecule has 0 radical (unpaired) electrons. The lowest BCUT2D eigenvalue weighted by Crippen LogP contribution is -1.84. The fraction of sp³-hybridized carbons (Fsp3) is 0.333. The summed E-state index contributed by atoms with van der Waals surface area (Å²) < 4.78 is 0. The van der Waals surface area contributed by atoms with Crippen LogP contribution in [0.25, 0.3) is 22.3 Å². The molecule has 0 saturated carbocycles. The van der Waals surface area contributed by atoms with Crippen molar-refractivity contribution in [2.24, 2.45) is 0 Å². The molecule has 4 aliphatic rings. The highest BCUT2D eigenvalue weighted by molar-refractivity contribution is 7.99. The molecule has 0 bridgehead atoms. The monoisotopic (exact) mass is 426 g/mol. The van der Waals surface area contributed by atoms with Crippen molar-refractivity contribution in [3.8, 4) is 22.3 Å². The second-order valence-electron chi connectivity index (χ2n) is 9.69. The highest BCUT2D eigenvalue weighted by Crippen LogP contribution is 2.48. The molecule has 160 valence electrons. The van der Waals surface area contributed by atoms with Gasteiger partial charge in [-0.05, 0) is 107 Å². The van der Waals surface area contributed by atoms with E-state index in [2.05, 4.69) is 104 Å². The van der Waals surface area contributed by atoms with Crippen LogP contribution in [0.15, 0.2) is 58.3 Å². The number of hydrogen-bond donors (Lipinski definition) is 0. The van der Waals surface area contributed by atoms with Gasteiger partial charge in [-0.3, -0.25) is 0 Å². The Morgan fingerprint density at radius 2 is 0.903 bits per heavy atom. The number of hydrogen-bond acceptors (Lipinski definition) is 1. The lowest BCUT2D eigenvalue weighted by Gasteiger charge is -2.08. The van der Waals surface area contributed by atoms with Crippen LogP contribution in [0.1, 0.15) is 72.9 Å². The highest BCUT2D eigenvalue weighted by Gasteiger charge is 2.21. The lowest BCUT2D eigenvalue weighted by molar-refractivity contribution is 0.868. The van der Waals surface area contributed by atoms with Gasteiger partial charge in [-0.1, -0.05) is 75.9 Å². The molecule has 0 amide bonds. The first-order valence-corrected chi connectivity index (χ1v) is 12.2. The highest BCUT2D eigenvalue weighted by atomic mass is 32.2. The van der Waals surface area contributed by atoms with Gasteiger partial charge in [0.05, 0.1) is 0 Å². The van der Waals surface area contributed by atoms with Gasteiger partial charge in [-0.25, -0.2) is 0 Å². The molecule has 0 aromatic carbocycles. The van der Waals surface area contributed by atoms with E-state index in [0.29, 0.717) is 11.8 Å². The first-order chi connectivity index (χ1) is 14.7. The summed E-state index contributed by atoms with van der Waals surface area (Å²) in [5, 5.41) is 0. The SMILES string of the molecule is Cc1cc(Sc2cc(C)c3cc(C(C)C)ccc(C)c2-3)c2c(C)ccc(C(C)C)cc1-2. The zero-order valence-corrected chi connectivity index (χ0v) is 21.0. The number of rotatable bonds is 4. The van der Waals surface area contributed by atoms with E-state index >= 15 is 0 Å². The Balaban J connectivity index is 1.85. The smallest absolute Gasteiger partial charge is 0.0206 e. The second kappa shape index (κ2) is 8.36. The molecular formula is C30H34S. The van der Waals surface area contributed by atoms with Crippen molar-refractivity contribution in [2.45, 2.75) is 77.0 Å². The molecule has 0 heterocycles. The van der Waals surface area contributed by atoms with Crippen LogP contribution in [0.2, 0.25) is 0 Å². The molecule has 0 fully saturated rings. The van der Waals surface area contributed by atoms with Crippen molar-refractivity contribution in [2.75, 3.05) is 0 Å². The van der Waals surface area contributed by atoms with E-state index in [1.165, 1.54) is 65.4 Å². The van der Waals surface area contributed by atoms with Crippen LogP contribution >= 0.6 is 11.8 Å². The van der Waals surface area contributed by atoms with Crippen LogP contribution < -0.4 is 0 Å². The zero-order chi connectivity index (χ0) is 22.4. The van der Waals surface area contributed by atoms with E-state index in [1.807, 2.05) is 11.8 Å². The van der Waals surface area contributed by atoms with Crippen LogP contribution in [-0.2, 0) is 0 Å². The van der Waals surface area contributed by atoms with Gasteiger partial charge >= 0.3 is 0 Å². The third-order valence-corrected chi connectivity index (χ3v) is 7.68. The molecule has 0 unspecified atom stereocenters. The fourth-order valence-corrected chi connectivity index (χ4v) is 6.03. The summed E-state index contributed by atoms with van der Waals surface area (Å²) in [6.45, 7) is 18.1. The van der Waals surface area contributed by atoms with Crippen molar-refractivity contribution in [1.82, 2.24) is 0 Å². The summed E-state index contributed by atoms with van der Waals surface area (Å²) in [5.74, 6) is 1.06. The maximum Gasteiger partial charge on any atom is 0.0206 e. The van der Waals surface area contributed by atoms with E-state index < -0.39 is 0 Å². The lowest BCUT2D eigenvalue weighted by atomic mass is 10.0. The number of fused-ring (bicyclic) bond motifs is 2. The van der Waals surface area contributed by atoms with Crippen LogP contribution in [0.3, 0.4) is 0 Å². The predicted molar refractivity (Wildman–Crippen MR) is 137 cm³/mol. The summed E-state index contributed by atoms with van der Waals surface area (Å²) >= 11 is 1.94. The quantitative estimate of drug-likeness (QED) is 0.313. The molecule has 0 aromatic rings. The van der Waals surface area contributed by atoms with E-state index in [4.69, 9.17) is 0 Å². The first kappa shape index (κ1) is 22.0. The summed E-state index contributed by atoms with van der Waals surface area (Å²) in [6.07, 6.45) is 0. The molecule has 0 N–H and O–H groups in total. The van der Waals surface area contributed by atoms with Crippen LogP contribution in [0.5, 0.6) is 0 Å². The molecule has 31 heavy (non-hydrogen) atoms. The van der Waals surface area contributed by atoms with E-state index in [1.54, 1.807) is 0 Å². The van der Waals surface area contributed by atoms with Crippen molar-refractivity contribution in [3.05, 3.63) is 81.9 Å². The van der Waals surface area contributed by atoms with Gasteiger partial charge in [0.1, 0.15) is 0 Å². The minimum atomic E-state index is 0.528. The summed E-state index contributed by atoms with van der Waals surface area (Å²) in [5.41, 5.74) is 13.9. The number of aryl methyl sites for hydroxylation is 4. The molecule has 0 aromatic heterocycles. The molecule has 0 atom stereocenters. The third-order valence-electron chi connectivity index (χ3n) is 6.59. The Bertz CT molecular complexity index is 1100. The second-order valence-corrected chi connectivity index (χ2v) is 10.8. The maximum atomic E-state index is 2.40. The summed E-state index contributed by atoms with van der Waals surface area (Å²) in [6, 6.07) is 18.8. The normalized spacial score (nSPS) is 11.9. The zero-order valence-electron chi connectivity index (χ0n) is 20.2. The van der Waals surface area contributed by atoms with Gasteiger partial charge < -0.3 is 0 Å². The average Bonchev–Trinajstić information content (AvgIpc) is 2.99. The van der Waals surface area contributed by atoms with Gasteiger partial charge in [-0.15, -0.1) is 0 Å². The Morgan fingerprint density at radius 1 is 0.516 bits per heavy atom.